The number of amides is 3. The van der Waals surface area contributed by atoms with Crippen molar-refractivity contribution < 1.29 is 23.9 Å². The molecule has 0 saturated heterocycles. The molecule has 0 radical (unpaired) electrons. The third-order valence-electron chi connectivity index (χ3n) is 6.19. The van der Waals surface area contributed by atoms with Crippen LogP contribution in [0.15, 0.2) is 103 Å². The number of carbonyl (C=O) groups excluding carboxylic acids is 3. The van der Waals surface area contributed by atoms with Crippen LogP contribution in [0.25, 0.3) is 16.5 Å². The number of fused-ring (bicyclic) bond motifs is 1. The fourth-order valence-corrected chi connectivity index (χ4v) is 4.19. The largest absolute Gasteiger partial charge is 0.444 e. The van der Waals surface area contributed by atoms with Gasteiger partial charge in [0.25, 0.3) is 5.91 Å². The van der Waals surface area contributed by atoms with E-state index >= 15 is 0 Å². The molecule has 0 bridgehead atoms. The standard InChI is InChI=1S/C33H31N5O5/c1-33(2,3)43-32(41)35-28-21-38(26-11-5-4-6-12-26)37-29(28)36-30(39)24-15-13-22(14-16-24)20-34-31(40)42-27-18-17-23-9-7-8-10-25(23)19-27/h4-19,21H,20H2,1-3H3,(H,34,40)(H,35,41)(H,36,37,39). The number of aromatic nitrogens is 2. The number of ether oxygens (including phenoxy) is 2. The Bertz CT molecular complexity index is 1760. The lowest BCUT2D eigenvalue weighted by Gasteiger charge is -2.19. The normalized spacial score (nSPS) is 11.0. The molecule has 0 saturated carbocycles. The van der Waals surface area contributed by atoms with Crippen molar-refractivity contribution in [2.24, 2.45) is 0 Å². The molecule has 1 aromatic heterocycles. The van der Waals surface area contributed by atoms with Crippen LogP contribution in [-0.4, -0.2) is 33.5 Å². The Labute approximate surface area is 248 Å². The maximum Gasteiger partial charge on any atom is 0.412 e. The molecular weight excluding hydrogens is 546 g/mol. The summed E-state index contributed by atoms with van der Waals surface area (Å²) < 4.78 is 12.3. The van der Waals surface area contributed by atoms with Crippen LogP contribution in [0, 0.1) is 0 Å². The molecule has 1 heterocycles. The third kappa shape index (κ3) is 7.76. The van der Waals surface area contributed by atoms with E-state index in [-0.39, 0.29) is 18.1 Å². The van der Waals surface area contributed by atoms with Crippen LogP contribution < -0.4 is 20.7 Å². The molecule has 218 valence electrons. The highest BCUT2D eigenvalue weighted by Gasteiger charge is 2.20. The van der Waals surface area contributed by atoms with Gasteiger partial charge in [-0.3, -0.25) is 10.1 Å². The Morgan fingerprint density at radius 1 is 0.791 bits per heavy atom. The zero-order valence-corrected chi connectivity index (χ0v) is 24.0. The number of nitrogens with zero attached hydrogens (tertiary/aromatic N) is 2. The zero-order chi connectivity index (χ0) is 30.4. The molecular formula is C33H31N5O5. The minimum Gasteiger partial charge on any atom is -0.444 e. The predicted octanol–water partition coefficient (Wildman–Crippen LogP) is 6.91. The van der Waals surface area contributed by atoms with Gasteiger partial charge in [0.2, 0.25) is 0 Å². The molecule has 0 aliphatic carbocycles. The van der Waals surface area contributed by atoms with E-state index in [0.717, 1.165) is 22.0 Å². The first kappa shape index (κ1) is 28.9. The van der Waals surface area contributed by atoms with Gasteiger partial charge in [-0.15, -0.1) is 5.10 Å². The van der Waals surface area contributed by atoms with Gasteiger partial charge >= 0.3 is 12.2 Å². The van der Waals surface area contributed by atoms with Crippen molar-refractivity contribution in [2.45, 2.75) is 32.9 Å². The van der Waals surface area contributed by atoms with Crippen LogP contribution in [-0.2, 0) is 11.3 Å². The Hall–Kier alpha value is -5.64. The first-order chi connectivity index (χ1) is 20.6. The van der Waals surface area contributed by atoms with Crippen molar-refractivity contribution in [3.63, 3.8) is 0 Å². The fraction of sp³-hybridized carbons (Fsp3) is 0.152. The second-order valence-corrected chi connectivity index (χ2v) is 10.7. The molecule has 0 fully saturated rings. The van der Waals surface area contributed by atoms with E-state index in [1.54, 1.807) is 68.0 Å². The van der Waals surface area contributed by atoms with Crippen LogP contribution in [0.1, 0.15) is 36.7 Å². The molecule has 5 rings (SSSR count). The van der Waals surface area contributed by atoms with E-state index in [9.17, 15) is 14.4 Å². The van der Waals surface area contributed by atoms with Crippen LogP contribution in [0.2, 0.25) is 0 Å². The van der Waals surface area contributed by atoms with Crippen molar-refractivity contribution in [3.8, 4) is 11.4 Å². The minimum atomic E-state index is -0.702. The molecule has 43 heavy (non-hydrogen) atoms. The number of carbonyl (C=O) groups is 3. The average molecular weight is 578 g/mol. The maximum atomic E-state index is 13.1. The summed E-state index contributed by atoms with van der Waals surface area (Å²) in [6.07, 6.45) is 0.336. The van der Waals surface area contributed by atoms with Gasteiger partial charge in [0.05, 0.1) is 11.9 Å². The highest BCUT2D eigenvalue weighted by Crippen LogP contribution is 2.24. The van der Waals surface area contributed by atoms with Crippen molar-refractivity contribution in [2.75, 3.05) is 10.6 Å². The molecule has 10 nitrogen and oxygen atoms in total. The number of anilines is 2. The minimum absolute atomic E-state index is 0.155. The van der Waals surface area contributed by atoms with E-state index in [1.165, 1.54) is 0 Å². The average Bonchev–Trinajstić information content (AvgIpc) is 3.37. The number of nitrogens with one attached hydrogen (secondary N) is 3. The first-order valence-corrected chi connectivity index (χ1v) is 13.6. The summed E-state index contributed by atoms with van der Waals surface area (Å²) in [5.74, 6) is 0.168. The Morgan fingerprint density at radius 2 is 1.49 bits per heavy atom. The lowest BCUT2D eigenvalue weighted by atomic mass is 10.1. The second-order valence-electron chi connectivity index (χ2n) is 10.7. The van der Waals surface area contributed by atoms with Crippen LogP contribution in [0.5, 0.6) is 5.75 Å². The van der Waals surface area contributed by atoms with Gasteiger partial charge in [-0.1, -0.05) is 60.7 Å². The van der Waals surface area contributed by atoms with E-state index in [1.807, 2.05) is 60.7 Å². The topological polar surface area (TPSA) is 124 Å². The second kappa shape index (κ2) is 12.5. The van der Waals surface area contributed by atoms with Gasteiger partial charge in [0, 0.05) is 12.1 Å². The summed E-state index contributed by atoms with van der Waals surface area (Å²) >= 11 is 0. The number of hydrogen-bond acceptors (Lipinski definition) is 6. The first-order valence-electron chi connectivity index (χ1n) is 13.6. The summed E-state index contributed by atoms with van der Waals surface area (Å²) in [5, 5.41) is 14.6. The molecule has 5 aromatic rings. The Balaban J connectivity index is 1.22. The Kier molecular flexibility index (Phi) is 8.38. The van der Waals surface area contributed by atoms with E-state index in [4.69, 9.17) is 9.47 Å². The molecule has 10 heteroatoms. The number of benzene rings is 4. The van der Waals surface area contributed by atoms with E-state index < -0.39 is 23.7 Å². The SMILES string of the molecule is CC(C)(C)OC(=O)Nc1cn(-c2ccccc2)nc1NC(=O)c1ccc(CNC(=O)Oc2ccc3ccccc3c2)cc1. The summed E-state index contributed by atoms with van der Waals surface area (Å²) in [4.78, 5) is 37.9. The van der Waals surface area contributed by atoms with Crippen LogP contribution >= 0.6 is 0 Å². The molecule has 0 unspecified atom stereocenters. The number of rotatable bonds is 7. The smallest absolute Gasteiger partial charge is 0.412 e. The highest BCUT2D eigenvalue weighted by atomic mass is 16.6. The van der Waals surface area contributed by atoms with Crippen molar-refractivity contribution in [1.29, 1.82) is 0 Å². The van der Waals surface area contributed by atoms with E-state index in [2.05, 4.69) is 21.0 Å². The van der Waals surface area contributed by atoms with Gasteiger partial charge in [0.15, 0.2) is 5.82 Å². The monoisotopic (exact) mass is 577 g/mol. The summed E-state index contributed by atoms with van der Waals surface area (Å²) in [6, 6.07) is 29.3. The highest BCUT2D eigenvalue weighted by molar-refractivity contribution is 6.06. The number of para-hydroxylation sites is 1. The summed E-state index contributed by atoms with van der Waals surface area (Å²) in [7, 11) is 0. The fourth-order valence-electron chi connectivity index (χ4n) is 4.19. The molecule has 0 atom stereocenters. The maximum absolute atomic E-state index is 13.1. The van der Waals surface area contributed by atoms with Gasteiger partial charge in [0.1, 0.15) is 17.0 Å². The predicted molar refractivity (Wildman–Crippen MR) is 165 cm³/mol. The van der Waals surface area contributed by atoms with Crippen molar-refractivity contribution in [3.05, 3.63) is 114 Å². The van der Waals surface area contributed by atoms with Crippen LogP contribution in [0.4, 0.5) is 21.1 Å². The van der Waals surface area contributed by atoms with Gasteiger partial charge < -0.3 is 20.1 Å². The van der Waals surface area contributed by atoms with Gasteiger partial charge in [-0.05, 0) is 73.5 Å². The molecule has 3 amide bonds. The summed E-state index contributed by atoms with van der Waals surface area (Å²) in [5.41, 5.74) is 1.45. The van der Waals surface area contributed by atoms with Crippen LogP contribution in [0.3, 0.4) is 0 Å². The lowest BCUT2D eigenvalue weighted by Crippen LogP contribution is -2.27. The quantitative estimate of drug-likeness (QED) is 0.193. The lowest BCUT2D eigenvalue weighted by molar-refractivity contribution is 0.0635. The molecule has 0 aliphatic rings. The molecule has 0 spiro atoms. The molecule has 3 N–H and O–H groups in total. The van der Waals surface area contributed by atoms with Gasteiger partial charge in [-0.25, -0.2) is 14.3 Å². The molecule has 0 aliphatic heterocycles. The zero-order valence-electron chi connectivity index (χ0n) is 24.0. The summed E-state index contributed by atoms with van der Waals surface area (Å²) in [6.45, 7) is 5.49. The van der Waals surface area contributed by atoms with Gasteiger partial charge in [-0.2, -0.15) is 0 Å². The third-order valence-corrected chi connectivity index (χ3v) is 6.19. The number of hydrogen-bond donors (Lipinski definition) is 3. The Morgan fingerprint density at radius 3 is 2.21 bits per heavy atom. The van der Waals surface area contributed by atoms with Crippen molar-refractivity contribution in [1.82, 2.24) is 15.1 Å². The molecule has 4 aromatic carbocycles. The van der Waals surface area contributed by atoms with Crippen molar-refractivity contribution >= 4 is 40.4 Å². The van der Waals surface area contributed by atoms with E-state index in [0.29, 0.717) is 11.3 Å².